The minimum atomic E-state index is -0.779. The van der Waals surface area contributed by atoms with Gasteiger partial charge in [-0.05, 0) is 55.8 Å². The van der Waals surface area contributed by atoms with Crippen LogP contribution in [0.1, 0.15) is 25.5 Å². The molecule has 3 rings (SSSR count). The topological polar surface area (TPSA) is 84.7 Å². The monoisotopic (exact) mass is 357 g/mol. The number of hydrogen-bond acceptors (Lipinski definition) is 4. The number of hydrogen-bond donors (Lipinski definition) is 2. The summed E-state index contributed by atoms with van der Waals surface area (Å²) in [7, 11) is 0. The van der Waals surface area contributed by atoms with Crippen LogP contribution in [0.5, 0.6) is 5.75 Å². The molecule has 0 aromatic heterocycles. The van der Waals surface area contributed by atoms with Gasteiger partial charge in [0.05, 0.1) is 5.69 Å². The number of nitrogens with zero attached hydrogens (tertiary/aromatic N) is 1. The van der Waals surface area contributed by atoms with Gasteiger partial charge in [-0.3, -0.25) is 14.5 Å². The molecule has 0 spiro atoms. The van der Waals surface area contributed by atoms with Crippen LogP contribution in [0.4, 0.5) is 15.8 Å². The van der Waals surface area contributed by atoms with Crippen LogP contribution in [0.25, 0.3) is 0 Å². The molecule has 0 fully saturated rings. The third-order valence-electron chi connectivity index (χ3n) is 4.27. The molecule has 0 bridgehead atoms. The van der Waals surface area contributed by atoms with Gasteiger partial charge in [-0.25, -0.2) is 4.39 Å². The zero-order valence-corrected chi connectivity index (χ0v) is 14.5. The molecule has 0 saturated carbocycles. The first-order valence-electron chi connectivity index (χ1n) is 8.27. The largest absolute Gasteiger partial charge is 0.482 e. The third-order valence-corrected chi connectivity index (χ3v) is 4.27. The summed E-state index contributed by atoms with van der Waals surface area (Å²) in [5, 5.41) is 2.69. The van der Waals surface area contributed by atoms with E-state index in [1.807, 2.05) is 13.0 Å². The number of nitrogens with two attached hydrogens (primary N) is 1. The number of carbonyl (C=O) groups excluding carboxylic acids is 2. The molecule has 3 N–H and O–H groups in total. The predicted molar refractivity (Wildman–Crippen MR) is 96.5 cm³/mol. The molecule has 7 heteroatoms. The molecule has 2 aromatic carbocycles. The SMILES string of the molecule is CC(N)c1ccc2c(c1)N(C(C)C(=O)Nc1ccc(F)cc1)C(=O)CO2. The Morgan fingerprint density at radius 2 is 1.92 bits per heavy atom. The van der Waals surface area contributed by atoms with Crippen molar-refractivity contribution in [1.82, 2.24) is 0 Å². The second-order valence-corrected chi connectivity index (χ2v) is 6.24. The highest BCUT2D eigenvalue weighted by Crippen LogP contribution is 2.35. The second-order valence-electron chi connectivity index (χ2n) is 6.24. The lowest BCUT2D eigenvalue weighted by Crippen LogP contribution is -2.49. The van der Waals surface area contributed by atoms with Crippen molar-refractivity contribution >= 4 is 23.2 Å². The number of ether oxygens (including phenoxy) is 1. The van der Waals surface area contributed by atoms with Crippen LogP contribution in [-0.4, -0.2) is 24.5 Å². The fourth-order valence-corrected chi connectivity index (χ4v) is 2.79. The Kier molecular flexibility index (Phi) is 4.90. The summed E-state index contributed by atoms with van der Waals surface area (Å²) in [5.41, 5.74) is 7.72. The Bertz CT molecular complexity index is 836. The molecule has 2 atom stereocenters. The standard InChI is InChI=1S/C19H20FN3O3/c1-11(21)13-3-8-17-16(9-13)23(18(24)10-26-17)12(2)19(25)22-15-6-4-14(20)5-7-15/h3-9,11-12H,10,21H2,1-2H3,(H,22,25). The van der Waals surface area contributed by atoms with Crippen molar-refractivity contribution < 1.29 is 18.7 Å². The van der Waals surface area contributed by atoms with E-state index in [-0.39, 0.29) is 24.5 Å². The number of nitrogens with one attached hydrogen (secondary N) is 1. The van der Waals surface area contributed by atoms with Gasteiger partial charge in [0.25, 0.3) is 5.91 Å². The summed E-state index contributed by atoms with van der Waals surface area (Å²) in [6.45, 7) is 3.32. The van der Waals surface area contributed by atoms with E-state index in [1.165, 1.54) is 29.2 Å². The second kappa shape index (κ2) is 7.13. The lowest BCUT2D eigenvalue weighted by atomic mass is 10.1. The number of benzene rings is 2. The van der Waals surface area contributed by atoms with Crippen molar-refractivity contribution in [2.75, 3.05) is 16.8 Å². The van der Waals surface area contributed by atoms with Crippen LogP contribution in [0.3, 0.4) is 0 Å². The predicted octanol–water partition coefficient (Wildman–Crippen LogP) is 2.60. The highest BCUT2D eigenvalue weighted by Gasteiger charge is 2.33. The van der Waals surface area contributed by atoms with Gasteiger partial charge in [0.2, 0.25) is 5.91 Å². The van der Waals surface area contributed by atoms with Gasteiger partial charge >= 0.3 is 0 Å². The van der Waals surface area contributed by atoms with Gasteiger partial charge in [0, 0.05) is 11.7 Å². The van der Waals surface area contributed by atoms with Crippen molar-refractivity contribution in [1.29, 1.82) is 0 Å². The Labute approximate surface area is 150 Å². The first-order valence-corrected chi connectivity index (χ1v) is 8.27. The van der Waals surface area contributed by atoms with E-state index < -0.39 is 11.9 Å². The molecule has 0 saturated heterocycles. The maximum atomic E-state index is 13.0. The number of carbonyl (C=O) groups is 2. The molecular formula is C19H20FN3O3. The maximum Gasteiger partial charge on any atom is 0.265 e. The minimum absolute atomic E-state index is 0.140. The summed E-state index contributed by atoms with van der Waals surface area (Å²) in [6, 6.07) is 9.78. The molecule has 0 radical (unpaired) electrons. The van der Waals surface area contributed by atoms with Crippen LogP contribution in [0, 0.1) is 5.82 Å². The van der Waals surface area contributed by atoms with E-state index in [0.717, 1.165) is 5.56 Å². The molecule has 136 valence electrons. The lowest BCUT2D eigenvalue weighted by molar-refractivity contribution is -0.125. The summed E-state index contributed by atoms with van der Waals surface area (Å²) >= 11 is 0. The van der Waals surface area contributed by atoms with E-state index in [1.54, 1.807) is 19.1 Å². The first-order chi connectivity index (χ1) is 12.4. The molecular weight excluding hydrogens is 337 g/mol. The van der Waals surface area contributed by atoms with Crippen LogP contribution in [-0.2, 0) is 9.59 Å². The number of halogens is 1. The van der Waals surface area contributed by atoms with Crippen LogP contribution >= 0.6 is 0 Å². The first kappa shape index (κ1) is 17.9. The molecule has 26 heavy (non-hydrogen) atoms. The van der Waals surface area contributed by atoms with E-state index >= 15 is 0 Å². The van der Waals surface area contributed by atoms with Crippen molar-refractivity contribution in [3.05, 3.63) is 53.8 Å². The summed E-state index contributed by atoms with van der Waals surface area (Å²) in [6.07, 6.45) is 0. The highest BCUT2D eigenvalue weighted by molar-refractivity contribution is 6.06. The zero-order chi connectivity index (χ0) is 18.8. The average Bonchev–Trinajstić information content (AvgIpc) is 2.62. The van der Waals surface area contributed by atoms with Crippen molar-refractivity contribution in [3.8, 4) is 5.75 Å². The van der Waals surface area contributed by atoms with Crippen LogP contribution < -0.4 is 20.7 Å². The Balaban J connectivity index is 1.87. The zero-order valence-electron chi connectivity index (χ0n) is 14.5. The van der Waals surface area contributed by atoms with Gasteiger partial charge in [0.15, 0.2) is 6.61 Å². The van der Waals surface area contributed by atoms with E-state index in [9.17, 15) is 14.0 Å². The Morgan fingerprint density at radius 1 is 1.23 bits per heavy atom. The third kappa shape index (κ3) is 3.52. The maximum absolute atomic E-state index is 13.0. The van der Waals surface area contributed by atoms with Gasteiger partial charge in [-0.1, -0.05) is 6.07 Å². The average molecular weight is 357 g/mol. The summed E-state index contributed by atoms with van der Waals surface area (Å²) in [4.78, 5) is 26.4. The Hall–Kier alpha value is -2.93. The van der Waals surface area contributed by atoms with Crippen molar-refractivity contribution in [2.45, 2.75) is 25.9 Å². The molecule has 1 aliphatic heterocycles. The summed E-state index contributed by atoms with van der Waals surface area (Å²) < 4.78 is 18.5. The smallest absolute Gasteiger partial charge is 0.265 e. The summed E-state index contributed by atoms with van der Waals surface area (Å²) in [5.74, 6) is -0.572. The minimum Gasteiger partial charge on any atom is -0.482 e. The molecule has 0 aliphatic carbocycles. The van der Waals surface area contributed by atoms with Crippen molar-refractivity contribution in [3.63, 3.8) is 0 Å². The fraction of sp³-hybridized carbons (Fsp3) is 0.263. The molecule has 2 unspecified atom stereocenters. The van der Waals surface area contributed by atoms with E-state index in [0.29, 0.717) is 17.1 Å². The lowest BCUT2D eigenvalue weighted by Gasteiger charge is -2.33. The molecule has 2 amide bonds. The number of rotatable bonds is 4. The van der Waals surface area contributed by atoms with Crippen LogP contribution in [0.2, 0.25) is 0 Å². The van der Waals surface area contributed by atoms with Crippen LogP contribution in [0.15, 0.2) is 42.5 Å². The van der Waals surface area contributed by atoms with Gasteiger partial charge in [0.1, 0.15) is 17.6 Å². The van der Waals surface area contributed by atoms with Gasteiger partial charge in [-0.2, -0.15) is 0 Å². The fourth-order valence-electron chi connectivity index (χ4n) is 2.79. The molecule has 6 nitrogen and oxygen atoms in total. The van der Waals surface area contributed by atoms with Crippen molar-refractivity contribution in [2.24, 2.45) is 5.73 Å². The molecule has 1 aliphatic rings. The highest BCUT2D eigenvalue weighted by atomic mass is 19.1. The quantitative estimate of drug-likeness (QED) is 0.881. The van der Waals surface area contributed by atoms with E-state index in [2.05, 4.69) is 5.32 Å². The normalized spacial score (nSPS) is 15.7. The number of amides is 2. The number of fused-ring (bicyclic) bond motifs is 1. The molecule has 2 aromatic rings. The van der Waals surface area contributed by atoms with Gasteiger partial charge in [-0.15, -0.1) is 0 Å². The molecule has 1 heterocycles. The van der Waals surface area contributed by atoms with E-state index in [4.69, 9.17) is 10.5 Å². The Morgan fingerprint density at radius 3 is 2.58 bits per heavy atom. The number of anilines is 2. The van der Waals surface area contributed by atoms with Gasteiger partial charge < -0.3 is 15.8 Å².